The van der Waals surface area contributed by atoms with Crippen molar-refractivity contribution in [3.63, 3.8) is 0 Å². The maximum atomic E-state index is 4.49. The second-order valence-electron chi connectivity index (χ2n) is 4.75. The number of benzene rings is 2. The molecule has 0 fully saturated rings. The van der Waals surface area contributed by atoms with Crippen molar-refractivity contribution in [2.75, 3.05) is 5.32 Å². The lowest BCUT2D eigenvalue weighted by Crippen LogP contribution is -2.03. The Labute approximate surface area is 120 Å². The summed E-state index contributed by atoms with van der Waals surface area (Å²) in [5, 5.41) is 15.0. The highest BCUT2D eigenvalue weighted by atomic mass is 15.3. The summed E-state index contributed by atoms with van der Waals surface area (Å²) in [6, 6.07) is 13.9. The van der Waals surface area contributed by atoms with Gasteiger partial charge in [-0.3, -0.25) is 0 Å². The SMILES string of the molecule is c1ccc2nc(NCc3ccc4n[nH]nc4c3)ncc2c1. The van der Waals surface area contributed by atoms with E-state index in [4.69, 9.17) is 0 Å². The third-order valence-corrected chi connectivity index (χ3v) is 3.32. The number of aromatic amines is 1. The molecule has 2 N–H and O–H groups in total. The molecule has 0 atom stereocenters. The number of aromatic nitrogens is 5. The first-order chi connectivity index (χ1) is 10.4. The van der Waals surface area contributed by atoms with Crippen molar-refractivity contribution >= 4 is 27.9 Å². The normalized spacial score (nSPS) is 11.0. The Morgan fingerprint density at radius 2 is 1.86 bits per heavy atom. The maximum absolute atomic E-state index is 4.49. The molecule has 0 aliphatic heterocycles. The first-order valence-corrected chi connectivity index (χ1v) is 6.63. The van der Waals surface area contributed by atoms with Gasteiger partial charge in [0.2, 0.25) is 5.95 Å². The van der Waals surface area contributed by atoms with Crippen LogP contribution in [0.2, 0.25) is 0 Å². The first kappa shape index (κ1) is 11.8. The predicted molar refractivity (Wildman–Crippen MR) is 80.8 cm³/mol. The van der Waals surface area contributed by atoms with E-state index in [-0.39, 0.29) is 0 Å². The number of nitrogens with one attached hydrogen (secondary N) is 2. The summed E-state index contributed by atoms with van der Waals surface area (Å²) in [6.07, 6.45) is 1.82. The molecule has 6 nitrogen and oxygen atoms in total. The quantitative estimate of drug-likeness (QED) is 0.601. The van der Waals surface area contributed by atoms with Crippen LogP contribution in [0.4, 0.5) is 5.95 Å². The van der Waals surface area contributed by atoms with E-state index >= 15 is 0 Å². The van der Waals surface area contributed by atoms with Crippen LogP contribution < -0.4 is 5.32 Å². The van der Waals surface area contributed by atoms with Crippen LogP contribution in [0.1, 0.15) is 5.56 Å². The van der Waals surface area contributed by atoms with Gasteiger partial charge in [0.15, 0.2) is 0 Å². The van der Waals surface area contributed by atoms with Gasteiger partial charge in [-0.05, 0) is 23.8 Å². The molecule has 0 aliphatic carbocycles. The standard InChI is InChI=1S/C15H12N6/c1-2-4-12-11(3-1)9-17-15(18-12)16-8-10-5-6-13-14(7-10)20-21-19-13/h1-7,9H,8H2,(H,16,17,18)(H,19,20,21). The van der Waals surface area contributed by atoms with Gasteiger partial charge in [0, 0.05) is 18.1 Å². The fourth-order valence-corrected chi connectivity index (χ4v) is 2.23. The Balaban J connectivity index is 1.56. The average Bonchev–Trinajstić information content (AvgIpc) is 3.00. The Bertz CT molecular complexity index is 914. The molecule has 2 aromatic carbocycles. The van der Waals surface area contributed by atoms with Crippen molar-refractivity contribution in [1.82, 2.24) is 25.4 Å². The van der Waals surface area contributed by atoms with Gasteiger partial charge in [-0.15, -0.1) is 0 Å². The van der Waals surface area contributed by atoms with E-state index in [9.17, 15) is 0 Å². The van der Waals surface area contributed by atoms with E-state index in [1.54, 1.807) is 0 Å². The summed E-state index contributed by atoms with van der Waals surface area (Å²) in [6.45, 7) is 0.640. The van der Waals surface area contributed by atoms with E-state index in [0.717, 1.165) is 27.5 Å². The van der Waals surface area contributed by atoms with Gasteiger partial charge < -0.3 is 5.32 Å². The summed E-state index contributed by atoms with van der Waals surface area (Å²) < 4.78 is 0. The third-order valence-electron chi connectivity index (χ3n) is 3.32. The predicted octanol–water partition coefficient (Wildman–Crippen LogP) is 2.51. The number of nitrogens with zero attached hydrogens (tertiary/aromatic N) is 4. The van der Waals surface area contributed by atoms with Crippen LogP contribution in [0, 0.1) is 0 Å². The largest absolute Gasteiger partial charge is 0.350 e. The highest BCUT2D eigenvalue weighted by Gasteiger charge is 2.02. The molecule has 0 bridgehead atoms. The molecule has 0 spiro atoms. The molecule has 0 unspecified atom stereocenters. The second-order valence-corrected chi connectivity index (χ2v) is 4.75. The number of rotatable bonds is 3. The Morgan fingerprint density at radius 1 is 0.952 bits per heavy atom. The lowest BCUT2D eigenvalue weighted by molar-refractivity contribution is 0.959. The monoisotopic (exact) mass is 276 g/mol. The smallest absolute Gasteiger partial charge is 0.223 e. The van der Waals surface area contributed by atoms with Crippen molar-refractivity contribution in [2.24, 2.45) is 0 Å². The van der Waals surface area contributed by atoms with Gasteiger partial charge in [-0.25, -0.2) is 9.97 Å². The first-order valence-electron chi connectivity index (χ1n) is 6.63. The number of hydrogen-bond donors (Lipinski definition) is 2. The van der Waals surface area contributed by atoms with Gasteiger partial charge in [0.1, 0.15) is 11.0 Å². The minimum atomic E-state index is 0.619. The molecule has 2 heterocycles. The molecule has 2 aromatic heterocycles. The molecule has 21 heavy (non-hydrogen) atoms. The summed E-state index contributed by atoms with van der Waals surface area (Å²) in [5.74, 6) is 0.619. The van der Waals surface area contributed by atoms with Crippen LogP contribution in [0.15, 0.2) is 48.7 Å². The summed E-state index contributed by atoms with van der Waals surface area (Å²) >= 11 is 0. The molecule has 6 heteroatoms. The van der Waals surface area contributed by atoms with Gasteiger partial charge in [0.05, 0.1) is 5.52 Å². The fourth-order valence-electron chi connectivity index (χ4n) is 2.23. The number of para-hydroxylation sites is 1. The fraction of sp³-hybridized carbons (Fsp3) is 0.0667. The lowest BCUT2D eigenvalue weighted by atomic mass is 10.2. The molecule has 0 radical (unpaired) electrons. The molecule has 102 valence electrons. The highest BCUT2D eigenvalue weighted by Crippen LogP contribution is 2.14. The molecular formula is C15H12N6. The number of hydrogen-bond acceptors (Lipinski definition) is 5. The maximum Gasteiger partial charge on any atom is 0.223 e. The van der Waals surface area contributed by atoms with Gasteiger partial charge in [0.25, 0.3) is 0 Å². The van der Waals surface area contributed by atoms with E-state index in [1.807, 2.05) is 48.7 Å². The molecule has 0 saturated carbocycles. The molecule has 4 rings (SSSR count). The van der Waals surface area contributed by atoms with E-state index in [2.05, 4.69) is 30.7 Å². The van der Waals surface area contributed by atoms with Crippen molar-refractivity contribution < 1.29 is 0 Å². The van der Waals surface area contributed by atoms with Gasteiger partial charge in [-0.2, -0.15) is 15.4 Å². The van der Waals surface area contributed by atoms with Crippen molar-refractivity contribution in [3.05, 3.63) is 54.2 Å². The summed E-state index contributed by atoms with van der Waals surface area (Å²) in [5.41, 5.74) is 3.75. The van der Waals surface area contributed by atoms with Crippen LogP contribution in [-0.4, -0.2) is 25.4 Å². The molecule has 0 amide bonds. The molecule has 0 aliphatic rings. The van der Waals surface area contributed by atoms with Crippen LogP contribution in [0.3, 0.4) is 0 Å². The minimum absolute atomic E-state index is 0.619. The van der Waals surface area contributed by atoms with E-state index < -0.39 is 0 Å². The number of anilines is 1. The second kappa shape index (κ2) is 4.82. The third kappa shape index (κ3) is 2.27. The Hall–Kier alpha value is -3.02. The van der Waals surface area contributed by atoms with E-state index in [0.29, 0.717) is 12.5 Å². The summed E-state index contributed by atoms with van der Waals surface area (Å²) in [7, 11) is 0. The van der Waals surface area contributed by atoms with Crippen LogP contribution in [0.5, 0.6) is 0 Å². The zero-order chi connectivity index (χ0) is 14.1. The van der Waals surface area contributed by atoms with Gasteiger partial charge >= 0.3 is 0 Å². The highest BCUT2D eigenvalue weighted by molar-refractivity contribution is 5.78. The number of H-pyrrole nitrogens is 1. The molecule has 4 aromatic rings. The van der Waals surface area contributed by atoms with Crippen LogP contribution in [-0.2, 0) is 6.54 Å². The van der Waals surface area contributed by atoms with Crippen molar-refractivity contribution in [2.45, 2.75) is 6.54 Å². The number of fused-ring (bicyclic) bond motifs is 2. The van der Waals surface area contributed by atoms with E-state index in [1.165, 1.54) is 0 Å². The summed E-state index contributed by atoms with van der Waals surface area (Å²) in [4.78, 5) is 8.80. The minimum Gasteiger partial charge on any atom is -0.350 e. The molecule has 0 saturated heterocycles. The Kier molecular flexibility index (Phi) is 2.71. The molecular weight excluding hydrogens is 264 g/mol. The lowest BCUT2D eigenvalue weighted by Gasteiger charge is -2.05. The Morgan fingerprint density at radius 3 is 2.86 bits per heavy atom. The van der Waals surface area contributed by atoms with Crippen LogP contribution >= 0.6 is 0 Å². The topological polar surface area (TPSA) is 79.4 Å². The van der Waals surface area contributed by atoms with Crippen molar-refractivity contribution in [3.8, 4) is 0 Å². The zero-order valence-electron chi connectivity index (χ0n) is 11.1. The van der Waals surface area contributed by atoms with Gasteiger partial charge in [-0.1, -0.05) is 24.3 Å². The average molecular weight is 276 g/mol. The van der Waals surface area contributed by atoms with Crippen molar-refractivity contribution in [1.29, 1.82) is 0 Å². The van der Waals surface area contributed by atoms with Crippen LogP contribution in [0.25, 0.3) is 21.9 Å². The zero-order valence-corrected chi connectivity index (χ0v) is 11.1.